The number of amides is 1. The zero-order chi connectivity index (χ0) is 13.0. The van der Waals surface area contributed by atoms with Crippen molar-refractivity contribution in [2.24, 2.45) is 0 Å². The van der Waals surface area contributed by atoms with E-state index in [2.05, 4.69) is 28.6 Å². The lowest BCUT2D eigenvalue weighted by molar-refractivity contribution is -0.132. The summed E-state index contributed by atoms with van der Waals surface area (Å²) in [5, 5.41) is 5.37. The summed E-state index contributed by atoms with van der Waals surface area (Å²) >= 11 is 1.76. The van der Waals surface area contributed by atoms with Crippen LogP contribution >= 0.6 is 23.7 Å². The Balaban J connectivity index is 0.00000180. The van der Waals surface area contributed by atoms with E-state index in [4.69, 9.17) is 0 Å². The number of carbonyl (C=O) groups excluding carboxylic acids is 1. The molecule has 0 aliphatic carbocycles. The molecule has 0 saturated carbocycles. The molecular formula is C13H22ClN3OS. The maximum absolute atomic E-state index is 12.1. The van der Waals surface area contributed by atoms with Gasteiger partial charge in [-0.3, -0.25) is 9.69 Å². The van der Waals surface area contributed by atoms with Crippen molar-refractivity contribution in [3.63, 3.8) is 0 Å². The molecule has 1 aromatic heterocycles. The fraction of sp³-hybridized carbons (Fsp3) is 0.615. The molecule has 0 unspecified atom stereocenters. The minimum absolute atomic E-state index is 0. The van der Waals surface area contributed by atoms with Crippen LogP contribution in [0.3, 0.4) is 0 Å². The van der Waals surface area contributed by atoms with Crippen LogP contribution in [0.5, 0.6) is 0 Å². The Morgan fingerprint density at radius 2 is 2.16 bits per heavy atom. The summed E-state index contributed by atoms with van der Waals surface area (Å²) in [4.78, 5) is 17.5. The number of nitrogens with one attached hydrogen (secondary N) is 1. The molecule has 0 bridgehead atoms. The number of halogens is 1. The van der Waals surface area contributed by atoms with Crippen molar-refractivity contribution in [1.82, 2.24) is 15.1 Å². The highest BCUT2D eigenvalue weighted by Gasteiger charge is 2.17. The zero-order valence-corrected chi connectivity index (χ0v) is 13.1. The Hall–Kier alpha value is -0.620. The Kier molecular flexibility index (Phi) is 6.79. The van der Waals surface area contributed by atoms with Crippen LogP contribution in [0.2, 0.25) is 0 Å². The lowest BCUT2D eigenvalue weighted by atomic mass is 10.3. The van der Waals surface area contributed by atoms with E-state index in [1.165, 1.54) is 10.4 Å². The van der Waals surface area contributed by atoms with Crippen LogP contribution in [0.1, 0.15) is 10.4 Å². The molecule has 2 rings (SSSR count). The highest BCUT2D eigenvalue weighted by molar-refractivity contribution is 7.10. The van der Waals surface area contributed by atoms with Crippen LogP contribution < -0.4 is 5.32 Å². The van der Waals surface area contributed by atoms with E-state index in [0.717, 1.165) is 32.7 Å². The Morgan fingerprint density at radius 1 is 1.47 bits per heavy atom. The molecule has 1 amide bonds. The van der Waals surface area contributed by atoms with Gasteiger partial charge in [0.1, 0.15) is 0 Å². The van der Waals surface area contributed by atoms with Crippen molar-refractivity contribution < 1.29 is 4.79 Å². The molecule has 108 valence electrons. The Bertz CT molecular complexity index is 404. The summed E-state index contributed by atoms with van der Waals surface area (Å²) < 4.78 is 0. The first kappa shape index (κ1) is 16.4. The van der Waals surface area contributed by atoms with E-state index in [1.807, 2.05) is 11.9 Å². The molecule has 1 aliphatic heterocycles. The van der Waals surface area contributed by atoms with Crippen LogP contribution in [0.25, 0.3) is 0 Å². The van der Waals surface area contributed by atoms with Crippen LogP contribution in [0.4, 0.5) is 0 Å². The van der Waals surface area contributed by atoms with E-state index in [9.17, 15) is 4.79 Å². The molecule has 0 spiro atoms. The second-order valence-electron chi connectivity index (χ2n) is 4.83. The lowest BCUT2D eigenvalue weighted by Crippen LogP contribution is -2.49. The van der Waals surface area contributed by atoms with E-state index < -0.39 is 0 Å². The highest BCUT2D eigenvalue weighted by Crippen LogP contribution is 2.17. The van der Waals surface area contributed by atoms with E-state index in [-0.39, 0.29) is 18.3 Å². The summed E-state index contributed by atoms with van der Waals surface area (Å²) in [6, 6.07) is 2.13. The summed E-state index contributed by atoms with van der Waals surface area (Å²) in [5.41, 5.74) is 1.32. The van der Waals surface area contributed by atoms with Crippen LogP contribution in [0.15, 0.2) is 11.4 Å². The van der Waals surface area contributed by atoms with Gasteiger partial charge in [0.15, 0.2) is 0 Å². The van der Waals surface area contributed by atoms with Crippen molar-refractivity contribution in [2.75, 3.05) is 39.8 Å². The maximum Gasteiger partial charge on any atom is 0.236 e. The van der Waals surface area contributed by atoms with Gasteiger partial charge in [-0.25, -0.2) is 0 Å². The van der Waals surface area contributed by atoms with E-state index >= 15 is 0 Å². The number of hydrogen-bond donors (Lipinski definition) is 1. The van der Waals surface area contributed by atoms with Crippen molar-refractivity contribution in [3.05, 3.63) is 21.9 Å². The topological polar surface area (TPSA) is 35.6 Å². The smallest absolute Gasteiger partial charge is 0.236 e. The number of piperazine rings is 1. The molecule has 1 aliphatic rings. The predicted molar refractivity (Wildman–Crippen MR) is 82.1 cm³/mol. The SMILES string of the molecule is Cc1ccsc1CN(C)CC(=O)N1CCNCC1.Cl. The molecule has 0 radical (unpaired) electrons. The first-order chi connectivity index (χ1) is 8.66. The van der Waals surface area contributed by atoms with Gasteiger partial charge in [-0.15, -0.1) is 23.7 Å². The van der Waals surface area contributed by atoms with Crippen molar-refractivity contribution in [3.8, 4) is 0 Å². The van der Waals surface area contributed by atoms with E-state index in [1.54, 1.807) is 11.3 Å². The minimum atomic E-state index is 0. The number of carbonyl (C=O) groups is 1. The number of rotatable bonds is 4. The average Bonchev–Trinajstić information content (AvgIpc) is 2.76. The van der Waals surface area contributed by atoms with Gasteiger partial charge in [0.2, 0.25) is 5.91 Å². The zero-order valence-electron chi connectivity index (χ0n) is 11.5. The average molecular weight is 304 g/mol. The van der Waals surface area contributed by atoms with Crippen molar-refractivity contribution in [1.29, 1.82) is 0 Å². The van der Waals surface area contributed by atoms with Crippen molar-refractivity contribution in [2.45, 2.75) is 13.5 Å². The van der Waals surface area contributed by atoms with Crippen LogP contribution in [-0.4, -0.2) is 55.5 Å². The molecule has 1 fully saturated rings. The number of hydrogen-bond acceptors (Lipinski definition) is 4. The fourth-order valence-electron chi connectivity index (χ4n) is 2.11. The molecule has 6 heteroatoms. The van der Waals surface area contributed by atoms with E-state index in [0.29, 0.717) is 6.54 Å². The number of nitrogens with zero attached hydrogens (tertiary/aromatic N) is 2. The second kappa shape index (κ2) is 7.85. The fourth-order valence-corrected chi connectivity index (χ4v) is 3.10. The number of likely N-dealkylation sites (N-methyl/N-ethyl adjacent to an activating group) is 1. The largest absolute Gasteiger partial charge is 0.339 e. The summed E-state index contributed by atoms with van der Waals surface area (Å²) in [6.45, 7) is 7.00. The van der Waals surface area contributed by atoms with Crippen molar-refractivity contribution >= 4 is 29.7 Å². The Labute approximate surface area is 125 Å². The normalized spacial score (nSPS) is 15.4. The molecule has 19 heavy (non-hydrogen) atoms. The van der Waals surface area contributed by atoms with Gasteiger partial charge in [0.05, 0.1) is 6.54 Å². The molecule has 4 nitrogen and oxygen atoms in total. The maximum atomic E-state index is 12.1. The van der Waals surface area contributed by atoms with Gasteiger partial charge >= 0.3 is 0 Å². The third kappa shape index (κ3) is 4.76. The third-order valence-corrected chi connectivity index (χ3v) is 4.26. The van der Waals surface area contributed by atoms with Gasteiger partial charge in [-0.2, -0.15) is 0 Å². The first-order valence-corrected chi connectivity index (χ1v) is 7.25. The third-order valence-electron chi connectivity index (χ3n) is 3.26. The molecule has 1 saturated heterocycles. The summed E-state index contributed by atoms with van der Waals surface area (Å²) in [5.74, 6) is 0.244. The molecular weight excluding hydrogens is 282 g/mol. The predicted octanol–water partition coefficient (Wildman–Crippen LogP) is 1.34. The highest BCUT2D eigenvalue weighted by atomic mass is 35.5. The Morgan fingerprint density at radius 3 is 2.74 bits per heavy atom. The molecule has 1 aromatic rings. The summed E-state index contributed by atoms with van der Waals surface area (Å²) in [7, 11) is 2.01. The van der Waals surface area contributed by atoms with Gasteiger partial charge in [0, 0.05) is 37.6 Å². The monoisotopic (exact) mass is 303 g/mol. The summed E-state index contributed by atoms with van der Waals surface area (Å²) in [6.07, 6.45) is 0. The number of thiophene rings is 1. The van der Waals surface area contributed by atoms with Gasteiger partial charge in [-0.05, 0) is 31.0 Å². The van der Waals surface area contributed by atoms with Crippen LogP contribution in [0, 0.1) is 6.92 Å². The number of aryl methyl sites for hydroxylation is 1. The first-order valence-electron chi connectivity index (χ1n) is 6.37. The molecule has 2 heterocycles. The minimum Gasteiger partial charge on any atom is -0.339 e. The van der Waals surface area contributed by atoms with Crippen LogP contribution in [-0.2, 0) is 11.3 Å². The standard InChI is InChI=1S/C13H21N3OS.ClH/c1-11-3-8-18-12(11)9-15(2)10-13(17)16-6-4-14-5-7-16;/h3,8,14H,4-7,9-10H2,1-2H3;1H. The molecule has 0 aromatic carbocycles. The van der Waals surface area contributed by atoms with Gasteiger partial charge in [0.25, 0.3) is 0 Å². The molecule has 1 N–H and O–H groups in total. The quantitative estimate of drug-likeness (QED) is 0.912. The lowest BCUT2D eigenvalue weighted by Gasteiger charge is -2.29. The second-order valence-corrected chi connectivity index (χ2v) is 5.83. The molecule has 0 atom stereocenters. The van der Waals surface area contributed by atoms with Gasteiger partial charge in [-0.1, -0.05) is 0 Å². The van der Waals surface area contributed by atoms with Gasteiger partial charge < -0.3 is 10.2 Å².